The van der Waals surface area contributed by atoms with E-state index in [1.165, 1.54) is 19.4 Å². The summed E-state index contributed by atoms with van der Waals surface area (Å²) in [4.78, 5) is 0. The van der Waals surface area contributed by atoms with Crippen LogP contribution in [-0.2, 0) is 9.47 Å². The SMILES string of the molecule is CCOCCOCC1CCCNC1. The van der Waals surface area contributed by atoms with E-state index in [1.54, 1.807) is 0 Å². The van der Waals surface area contributed by atoms with Crippen LogP contribution in [0.1, 0.15) is 19.8 Å². The molecular formula is C10H21NO2. The van der Waals surface area contributed by atoms with Gasteiger partial charge in [-0.3, -0.25) is 0 Å². The molecule has 0 amide bonds. The summed E-state index contributed by atoms with van der Waals surface area (Å²) in [5, 5.41) is 3.38. The van der Waals surface area contributed by atoms with Crippen LogP contribution >= 0.6 is 0 Å². The summed E-state index contributed by atoms with van der Waals surface area (Å²) in [6, 6.07) is 0. The maximum absolute atomic E-state index is 5.51. The van der Waals surface area contributed by atoms with Gasteiger partial charge in [0.1, 0.15) is 0 Å². The molecule has 0 bridgehead atoms. The van der Waals surface area contributed by atoms with Gasteiger partial charge >= 0.3 is 0 Å². The van der Waals surface area contributed by atoms with Crippen LogP contribution in [0.4, 0.5) is 0 Å². The molecule has 3 heteroatoms. The minimum Gasteiger partial charge on any atom is -0.379 e. The van der Waals surface area contributed by atoms with Crippen LogP contribution in [-0.4, -0.2) is 39.5 Å². The molecule has 0 saturated carbocycles. The first-order valence-corrected chi connectivity index (χ1v) is 5.29. The topological polar surface area (TPSA) is 30.5 Å². The molecule has 0 aromatic rings. The van der Waals surface area contributed by atoms with Crippen LogP contribution in [0.5, 0.6) is 0 Å². The lowest BCUT2D eigenvalue weighted by Crippen LogP contribution is -2.32. The van der Waals surface area contributed by atoms with Crippen molar-refractivity contribution in [3.63, 3.8) is 0 Å². The fourth-order valence-corrected chi connectivity index (χ4v) is 1.58. The van der Waals surface area contributed by atoms with Crippen LogP contribution in [0, 0.1) is 5.92 Å². The number of ether oxygens (including phenoxy) is 2. The molecule has 1 N–H and O–H groups in total. The highest BCUT2D eigenvalue weighted by Crippen LogP contribution is 2.09. The van der Waals surface area contributed by atoms with E-state index in [0.717, 1.165) is 38.9 Å². The predicted octanol–water partition coefficient (Wildman–Crippen LogP) is 1.04. The highest BCUT2D eigenvalue weighted by atomic mass is 16.5. The maximum Gasteiger partial charge on any atom is 0.0700 e. The second-order valence-electron chi connectivity index (χ2n) is 3.48. The van der Waals surface area contributed by atoms with Crippen molar-refractivity contribution in [1.82, 2.24) is 5.32 Å². The van der Waals surface area contributed by atoms with Gasteiger partial charge in [0.15, 0.2) is 0 Å². The molecule has 0 spiro atoms. The van der Waals surface area contributed by atoms with Crippen LogP contribution < -0.4 is 5.32 Å². The van der Waals surface area contributed by atoms with Crippen LogP contribution in [0.3, 0.4) is 0 Å². The van der Waals surface area contributed by atoms with Crippen molar-refractivity contribution in [2.45, 2.75) is 19.8 Å². The van der Waals surface area contributed by atoms with E-state index in [0.29, 0.717) is 0 Å². The van der Waals surface area contributed by atoms with E-state index in [4.69, 9.17) is 9.47 Å². The van der Waals surface area contributed by atoms with Gasteiger partial charge in [0, 0.05) is 13.2 Å². The zero-order valence-corrected chi connectivity index (χ0v) is 8.55. The first kappa shape index (κ1) is 11.0. The number of nitrogens with one attached hydrogen (secondary N) is 1. The Morgan fingerprint density at radius 3 is 2.85 bits per heavy atom. The van der Waals surface area contributed by atoms with Gasteiger partial charge in [0.05, 0.1) is 19.8 Å². The van der Waals surface area contributed by atoms with E-state index < -0.39 is 0 Å². The lowest BCUT2D eigenvalue weighted by Gasteiger charge is -2.22. The highest BCUT2D eigenvalue weighted by Gasteiger charge is 2.12. The molecule has 0 aliphatic carbocycles. The summed E-state index contributed by atoms with van der Waals surface area (Å²) in [7, 11) is 0. The molecule has 1 aliphatic rings. The lowest BCUT2D eigenvalue weighted by atomic mass is 10.0. The third-order valence-electron chi connectivity index (χ3n) is 2.33. The Morgan fingerprint density at radius 2 is 2.15 bits per heavy atom. The van der Waals surface area contributed by atoms with Crippen molar-refractivity contribution < 1.29 is 9.47 Å². The summed E-state index contributed by atoms with van der Waals surface area (Å²) in [5.74, 6) is 0.718. The second-order valence-corrected chi connectivity index (χ2v) is 3.48. The largest absolute Gasteiger partial charge is 0.379 e. The molecule has 1 saturated heterocycles. The van der Waals surface area contributed by atoms with Crippen LogP contribution in [0.25, 0.3) is 0 Å². The third-order valence-corrected chi connectivity index (χ3v) is 2.33. The number of hydrogen-bond donors (Lipinski definition) is 1. The molecule has 3 nitrogen and oxygen atoms in total. The molecule has 0 radical (unpaired) electrons. The summed E-state index contributed by atoms with van der Waals surface area (Å²) >= 11 is 0. The molecule has 13 heavy (non-hydrogen) atoms. The maximum atomic E-state index is 5.51. The molecule has 0 aromatic heterocycles. The summed E-state index contributed by atoms with van der Waals surface area (Å²) < 4.78 is 10.7. The molecular weight excluding hydrogens is 166 g/mol. The van der Waals surface area contributed by atoms with Gasteiger partial charge in [0.25, 0.3) is 0 Å². The van der Waals surface area contributed by atoms with Crippen molar-refractivity contribution >= 4 is 0 Å². The van der Waals surface area contributed by atoms with Gasteiger partial charge in [-0.25, -0.2) is 0 Å². The molecule has 1 atom stereocenters. The minimum atomic E-state index is 0.718. The van der Waals surface area contributed by atoms with Gasteiger partial charge < -0.3 is 14.8 Å². The van der Waals surface area contributed by atoms with Gasteiger partial charge in [0.2, 0.25) is 0 Å². The molecule has 0 aromatic carbocycles. The first-order valence-electron chi connectivity index (χ1n) is 5.29. The lowest BCUT2D eigenvalue weighted by molar-refractivity contribution is 0.0336. The van der Waals surface area contributed by atoms with Crippen molar-refractivity contribution in [2.75, 3.05) is 39.5 Å². The van der Waals surface area contributed by atoms with Crippen LogP contribution in [0.2, 0.25) is 0 Å². The van der Waals surface area contributed by atoms with Gasteiger partial charge in [-0.15, -0.1) is 0 Å². The molecule has 1 unspecified atom stereocenters. The van der Waals surface area contributed by atoms with Gasteiger partial charge in [-0.1, -0.05) is 0 Å². The molecule has 1 rings (SSSR count). The summed E-state index contributed by atoms with van der Waals surface area (Å²) in [6.07, 6.45) is 2.60. The zero-order chi connectivity index (χ0) is 9.36. The quantitative estimate of drug-likeness (QED) is 0.630. The first-order chi connectivity index (χ1) is 6.43. The van der Waals surface area contributed by atoms with Crippen molar-refractivity contribution in [3.05, 3.63) is 0 Å². The Balaban J connectivity index is 1.86. The Kier molecular flexibility index (Phi) is 6.15. The fourth-order valence-electron chi connectivity index (χ4n) is 1.58. The average molecular weight is 187 g/mol. The average Bonchev–Trinajstić information content (AvgIpc) is 2.19. The van der Waals surface area contributed by atoms with Crippen molar-refractivity contribution in [3.8, 4) is 0 Å². The number of rotatable bonds is 6. The number of hydrogen-bond acceptors (Lipinski definition) is 3. The van der Waals surface area contributed by atoms with E-state index in [9.17, 15) is 0 Å². The van der Waals surface area contributed by atoms with Gasteiger partial charge in [-0.2, -0.15) is 0 Å². The zero-order valence-electron chi connectivity index (χ0n) is 8.55. The predicted molar refractivity (Wildman–Crippen MR) is 52.9 cm³/mol. The van der Waals surface area contributed by atoms with E-state index in [1.807, 2.05) is 6.92 Å². The van der Waals surface area contributed by atoms with Crippen LogP contribution in [0.15, 0.2) is 0 Å². The van der Waals surface area contributed by atoms with E-state index >= 15 is 0 Å². The van der Waals surface area contributed by atoms with E-state index in [-0.39, 0.29) is 0 Å². The fraction of sp³-hybridized carbons (Fsp3) is 1.00. The Bertz CT molecular complexity index is 113. The van der Waals surface area contributed by atoms with E-state index in [2.05, 4.69) is 5.32 Å². The Morgan fingerprint density at radius 1 is 1.31 bits per heavy atom. The summed E-state index contributed by atoms with van der Waals surface area (Å²) in [5.41, 5.74) is 0. The Hall–Kier alpha value is -0.120. The van der Waals surface area contributed by atoms with Crippen molar-refractivity contribution in [1.29, 1.82) is 0 Å². The molecule has 1 heterocycles. The normalized spacial score (nSPS) is 23.3. The molecule has 78 valence electrons. The van der Waals surface area contributed by atoms with Gasteiger partial charge in [-0.05, 0) is 32.2 Å². The summed E-state index contributed by atoms with van der Waals surface area (Å²) in [6.45, 7) is 7.45. The third kappa shape index (κ3) is 5.24. The standard InChI is InChI=1S/C10H21NO2/c1-2-12-6-7-13-9-10-4-3-5-11-8-10/h10-11H,2-9H2,1H3. The highest BCUT2D eigenvalue weighted by molar-refractivity contribution is 4.67. The minimum absolute atomic E-state index is 0.718. The smallest absolute Gasteiger partial charge is 0.0700 e. The Labute approximate surface area is 80.8 Å². The monoisotopic (exact) mass is 187 g/mol. The molecule has 1 aliphatic heterocycles. The second kappa shape index (κ2) is 7.30. The van der Waals surface area contributed by atoms with Crippen molar-refractivity contribution in [2.24, 2.45) is 5.92 Å². The number of piperidine rings is 1. The molecule has 1 fully saturated rings.